The molecule has 9 nitrogen and oxygen atoms in total. The maximum atomic E-state index is 13.1. The smallest absolute Gasteiger partial charge is 0.258 e. The van der Waals surface area contributed by atoms with Gasteiger partial charge in [-0.05, 0) is 36.6 Å². The topological polar surface area (TPSA) is 111 Å². The first-order valence-corrected chi connectivity index (χ1v) is 10.1. The summed E-state index contributed by atoms with van der Waals surface area (Å²) in [6.45, 7) is 5.95. The number of carbonyl (C=O) groups excluding carboxylic acids is 1. The van der Waals surface area contributed by atoms with Crippen molar-refractivity contribution in [2.24, 2.45) is 7.05 Å². The molecule has 0 aliphatic rings. The van der Waals surface area contributed by atoms with Crippen LogP contribution in [0.4, 0.5) is 5.95 Å². The largest absolute Gasteiger partial charge is 0.497 e. The number of amides is 1. The van der Waals surface area contributed by atoms with Crippen LogP contribution in [0.3, 0.4) is 0 Å². The second-order valence-electron chi connectivity index (χ2n) is 7.74. The Morgan fingerprint density at radius 2 is 1.97 bits per heavy atom. The predicted molar refractivity (Wildman–Crippen MR) is 117 cm³/mol. The van der Waals surface area contributed by atoms with Gasteiger partial charge in [-0.2, -0.15) is 10.1 Å². The molecule has 31 heavy (non-hydrogen) atoms. The van der Waals surface area contributed by atoms with E-state index in [1.807, 2.05) is 58.2 Å². The van der Waals surface area contributed by atoms with Crippen LogP contribution in [0.15, 0.2) is 30.3 Å². The Morgan fingerprint density at radius 1 is 1.23 bits per heavy atom. The Balaban J connectivity index is 1.58. The molecule has 4 rings (SSSR count). The van der Waals surface area contributed by atoms with E-state index in [-0.39, 0.29) is 17.8 Å². The SMILES string of the molecule is COc1ccc(Cc2nc(NC(=O)c3cc(C(C)C)nc4c3c(C)nn4C)n[nH]2)cc1. The summed E-state index contributed by atoms with van der Waals surface area (Å²) >= 11 is 0. The lowest BCUT2D eigenvalue weighted by Gasteiger charge is -2.09. The third kappa shape index (κ3) is 4.11. The van der Waals surface area contributed by atoms with Crippen molar-refractivity contribution in [3.63, 3.8) is 0 Å². The van der Waals surface area contributed by atoms with Crippen LogP contribution < -0.4 is 10.1 Å². The van der Waals surface area contributed by atoms with E-state index in [0.717, 1.165) is 28.1 Å². The Hall–Kier alpha value is -3.75. The second kappa shape index (κ2) is 8.17. The number of aromatic amines is 1. The van der Waals surface area contributed by atoms with E-state index in [0.29, 0.717) is 23.5 Å². The summed E-state index contributed by atoms with van der Waals surface area (Å²) in [6, 6.07) is 9.54. The number of ether oxygens (including phenoxy) is 1. The average Bonchev–Trinajstić information content (AvgIpc) is 3.31. The molecule has 1 aromatic carbocycles. The minimum atomic E-state index is -0.291. The number of anilines is 1. The van der Waals surface area contributed by atoms with Crippen molar-refractivity contribution >= 4 is 22.9 Å². The van der Waals surface area contributed by atoms with Crippen molar-refractivity contribution in [3.8, 4) is 5.75 Å². The van der Waals surface area contributed by atoms with Crippen molar-refractivity contribution in [1.82, 2.24) is 29.9 Å². The summed E-state index contributed by atoms with van der Waals surface area (Å²) < 4.78 is 6.88. The van der Waals surface area contributed by atoms with Crippen LogP contribution in [0.25, 0.3) is 11.0 Å². The zero-order chi connectivity index (χ0) is 22.1. The van der Waals surface area contributed by atoms with Crippen molar-refractivity contribution in [1.29, 1.82) is 0 Å². The van der Waals surface area contributed by atoms with Gasteiger partial charge in [0.2, 0.25) is 5.95 Å². The van der Waals surface area contributed by atoms with Crippen LogP contribution in [0, 0.1) is 6.92 Å². The minimum absolute atomic E-state index is 0.172. The molecule has 0 bridgehead atoms. The molecule has 0 aliphatic carbocycles. The van der Waals surface area contributed by atoms with Gasteiger partial charge < -0.3 is 4.74 Å². The first-order chi connectivity index (χ1) is 14.9. The van der Waals surface area contributed by atoms with Gasteiger partial charge in [0.1, 0.15) is 11.6 Å². The van der Waals surface area contributed by atoms with Gasteiger partial charge in [-0.1, -0.05) is 26.0 Å². The van der Waals surface area contributed by atoms with E-state index in [2.05, 4.69) is 30.6 Å². The van der Waals surface area contributed by atoms with E-state index < -0.39 is 0 Å². The number of carbonyl (C=O) groups is 1. The molecule has 0 saturated heterocycles. The Bertz CT molecular complexity index is 1240. The summed E-state index contributed by atoms with van der Waals surface area (Å²) in [5.74, 6) is 1.56. The average molecular weight is 419 g/mol. The number of nitrogens with zero attached hydrogens (tertiary/aromatic N) is 5. The van der Waals surface area contributed by atoms with E-state index in [9.17, 15) is 4.79 Å². The monoisotopic (exact) mass is 419 g/mol. The maximum Gasteiger partial charge on any atom is 0.258 e. The van der Waals surface area contributed by atoms with Crippen LogP contribution in [0.5, 0.6) is 5.75 Å². The Kier molecular flexibility index (Phi) is 5.41. The Labute approximate surface area is 179 Å². The third-order valence-corrected chi connectivity index (χ3v) is 5.11. The molecule has 0 radical (unpaired) electrons. The molecule has 0 saturated carbocycles. The summed E-state index contributed by atoms with van der Waals surface area (Å²) in [5.41, 5.74) is 3.83. The zero-order valence-corrected chi connectivity index (χ0v) is 18.2. The van der Waals surface area contributed by atoms with Gasteiger partial charge in [0, 0.05) is 19.2 Å². The van der Waals surface area contributed by atoms with Crippen LogP contribution in [-0.4, -0.2) is 43.0 Å². The quantitative estimate of drug-likeness (QED) is 0.496. The molecular weight excluding hydrogens is 394 g/mol. The molecule has 0 fully saturated rings. The number of methoxy groups -OCH3 is 1. The predicted octanol–water partition coefficient (Wildman–Crippen LogP) is 3.37. The molecule has 0 unspecified atom stereocenters. The first kappa shape index (κ1) is 20.5. The third-order valence-electron chi connectivity index (χ3n) is 5.11. The van der Waals surface area contributed by atoms with E-state index >= 15 is 0 Å². The lowest BCUT2D eigenvalue weighted by Crippen LogP contribution is -2.15. The maximum absolute atomic E-state index is 13.1. The molecule has 0 atom stereocenters. The van der Waals surface area contributed by atoms with E-state index in [4.69, 9.17) is 4.74 Å². The molecule has 0 spiro atoms. The van der Waals surface area contributed by atoms with E-state index in [1.165, 1.54) is 0 Å². The lowest BCUT2D eigenvalue weighted by molar-refractivity contribution is 0.102. The zero-order valence-electron chi connectivity index (χ0n) is 18.2. The number of nitrogens with one attached hydrogen (secondary N) is 2. The fourth-order valence-corrected chi connectivity index (χ4v) is 3.47. The van der Waals surface area contributed by atoms with Gasteiger partial charge in [-0.3, -0.25) is 19.9 Å². The number of aryl methyl sites for hydroxylation is 2. The van der Waals surface area contributed by atoms with Crippen molar-refractivity contribution in [2.45, 2.75) is 33.1 Å². The summed E-state index contributed by atoms with van der Waals surface area (Å²) in [5, 5.41) is 15.0. The second-order valence-corrected chi connectivity index (χ2v) is 7.74. The number of benzene rings is 1. The summed E-state index contributed by atoms with van der Waals surface area (Å²) in [4.78, 5) is 22.2. The number of H-pyrrole nitrogens is 1. The van der Waals surface area contributed by atoms with Crippen LogP contribution >= 0.6 is 0 Å². The van der Waals surface area contributed by atoms with Gasteiger partial charge >= 0.3 is 0 Å². The number of hydrogen-bond donors (Lipinski definition) is 2. The number of aromatic nitrogens is 6. The number of hydrogen-bond acceptors (Lipinski definition) is 6. The van der Waals surface area contributed by atoms with Gasteiger partial charge in [0.15, 0.2) is 5.65 Å². The first-order valence-electron chi connectivity index (χ1n) is 10.1. The lowest BCUT2D eigenvalue weighted by atomic mass is 10.0. The van der Waals surface area contributed by atoms with Crippen LogP contribution in [0.1, 0.15) is 52.9 Å². The number of fused-ring (bicyclic) bond motifs is 1. The minimum Gasteiger partial charge on any atom is -0.497 e. The molecule has 2 N–H and O–H groups in total. The number of rotatable bonds is 6. The van der Waals surface area contributed by atoms with Crippen LogP contribution in [-0.2, 0) is 13.5 Å². The van der Waals surface area contributed by atoms with Gasteiger partial charge in [-0.25, -0.2) is 4.98 Å². The molecule has 1 amide bonds. The van der Waals surface area contributed by atoms with Crippen molar-refractivity contribution < 1.29 is 9.53 Å². The molecule has 4 aromatic rings. The molecule has 3 heterocycles. The van der Waals surface area contributed by atoms with Gasteiger partial charge in [-0.15, -0.1) is 5.10 Å². The molecular formula is C22H25N7O2. The summed E-state index contributed by atoms with van der Waals surface area (Å²) in [6.07, 6.45) is 0.561. The highest BCUT2D eigenvalue weighted by Gasteiger charge is 2.20. The number of pyridine rings is 1. The summed E-state index contributed by atoms with van der Waals surface area (Å²) in [7, 11) is 3.46. The highest BCUT2D eigenvalue weighted by atomic mass is 16.5. The van der Waals surface area contributed by atoms with Gasteiger partial charge in [0.25, 0.3) is 5.91 Å². The Morgan fingerprint density at radius 3 is 2.65 bits per heavy atom. The van der Waals surface area contributed by atoms with E-state index in [1.54, 1.807) is 11.8 Å². The molecule has 3 aromatic heterocycles. The normalized spacial score (nSPS) is 11.3. The fourth-order valence-electron chi connectivity index (χ4n) is 3.47. The highest BCUT2D eigenvalue weighted by Crippen LogP contribution is 2.25. The molecule has 0 aliphatic heterocycles. The van der Waals surface area contributed by atoms with Crippen molar-refractivity contribution in [2.75, 3.05) is 12.4 Å². The van der Waals surface area contributed by atoms with Crippen molar-refractivity contribution in [3.05, 3.63) is 58.7 Å². The standard InChI is InChI=1S/C22H25N7O2/c1-12(2)17-11-16(19-13(3)28-29(4)20(19)23-17)21(30)25-22-24-18(26-27-22)10-14-6-8-15(31-5)9-7-14/h6-9,11-12H,10H2,1-5H3,(H2,24,25,26,27,30). The molecule has 160 valence electrons. The fraction of sp³-hybridized carbons (Fsp3) is 0.318. The van der Waals surface area contributed by atoms with Crippen LogP contribution in [0.2, 0.25) is 0 Å². The molecule has 9 heteroatoms. The highest BCUT2D eigenvalue weighted by molar-refractivity contribution is 6.12. The van der Waals surface area contributed by atoms with Gasteiger partial charge in [0.05, 0.1) is 23.8 Å².